The van der Waals surface area contributed by atoms with Gasteiger partial charge in [-0.25, -0.2) is 0 Å². The van der Waals surface area contributed by atoms with Crippen LogP contribution in [0, 0.1) is 11.8 Å². The molecule has 5 rings (SSSR count). The predicted octanol–water partition coefficient (Wildman–Crippen LogP) is 7.90. The lowest BCUT2D eigenvalue weighted by atomic mass is 9.79. The lowest BCUT2D eigenvalue weighted by Gasteiger charge is -2.45. The Hall–Kier alpha value is -4.38. The van der Waals surface area contributed by atoms with Crippen LogP contribution < -0.4 is 9.80 Å². The number of aryl methyl sites for hydroxylation is 1. The molecule has 1 amide bonds. The molecular formula is C33H35F9N6O3. The standard InChI is InChI=1S/C33H35F9N6O3/c1-4-51-28(49)14-19-5-7-21(8-6-19)29(50)48-18(2)11-27(25-16-22(31(34,35)36)9-10-26(25)48)47(30-43-45-46(3)44-30)17-20-12-23(32(37,38)39)15-24(13-20)33(40,41)42/h9-10,12-13,15-16,18-19,21,27H,4-8,11,14,17H2,1-3H3. The first kappa shape index (κ1) is 37.9. The van der Waals surface area contributed by atoms with Crippen molar-refractivity contribution in [3.8, 4) is 0 Å². The predicted molar refractivity (Wildman–Crippen MR) is 164 cm³/mol. The Kier molecular flexibility index (Phi) is 10.6. The molecule has 1 aliphatic heterocycles. The van der Waals surface area contributed by atoms with Gasteiger partial charge in [-0.15, -0.1) is 5.10 Å². The summed E-state index contributed by atoms with van der Waals surface area (Å²) in [4.78, 5) is 29.7. The van der Waals surface area contributed by atoms with Crippen LogP contribution in [0.25, 0.3) is 0 Å². The van der Waals surface area contributed by atoms with Crippen LogP contribution in [-0.4, -0.2) is 44.7 Å². The van der Waals surface area contributed by atoms with Crippen LogP contribution in [0.5, 0.6) is 0 Å². The van der Waals surface area contributed by atoms with Crippen molar-refractivity contribution >= 4 is 23.5 Å². The molecule has 1 fully saturated rings. The van der Waals surface area contributed by atoms with Crippen LogP contribution in [0.15, 0.2) is 36.4 Å². The van der Waals surface area contributed by atoms with Crippen LogP contribution >= 0.6 is 0 Å². The third-order valence-electron chi connectivity index (χ3n) is 9.30. The fourth-order valence-corrected chi connectivity index (χ4v) is 6.92. The highest BCUT2D eigenvalue weighted by molar-refractivity contribution is 5.97. The summed E-state index contributed by atoms with van der Waals surface area (Å²) in [5, 5.41) is 11.8. The van der Waals surface area contributed by atoms with E-state index in [4.69, 9.17) is 4.74 Å². The summed E-state index contributed by atoms with van der Waals surface area (Å²) in [6.07, 6.45) is -13.0. The van der Waals surface area contributed by atoms with E-state index < -0.39 is 65.3 Å². The molecule has 2 unspecified atom stereocenters. The molecule has 51 heavy (non-hydrogen) atoms. The maximum Gasteiger partial charge on any atom is 0.416 e. The van der Waals surface area contributed by atoms with E-state index in [-0.39, 0.29) is 60.5 Å². The van der Waals surface area contributed by atoms with Gasteiger partial charge in [0.25, 0.3) is 5.95 Å². The van der Waals surface area contributed by atoms with E-state index in [0.29, 0.717) is 37.8 Å². The lowest BCUT2D eigenvalue weighted by Crippen LogP contribution is -2.49. The van der Waals surface area contributed by atoms with Gasteiger partial charge in [0.2, 0.25) is 5.91 Å². The van der Waals surface area contributed by atoms with Gasteiger partial charge >= 0.3 is 24.5 Å². The van der Waals surface area contributed by atoms with Crippen molar-refractivity contribution in [1.82, 2.24) is 20.2 Å². The van der Waals surface area contributed by atoms with E-state index in [0.717, 1.165) is 23.0 Å². The molecule has 0 spiro atoms. The number of halogens is 9. The molecule has 0 saturated heterocycles. The van der Waals surface area contributed by atoms with Crippen molar-refractivity contribution in [2.75, 3.05) is 16.4 Å². The monoisotopic (exact) mass is 734 g/mol. The number of esters is 1. The molecule has 0 bridgehead atoms. The second-order valence-electron chi connectivity index (χ2n) is 12.9. The zero-order chi connectivity index (χ0) is 37.5. The molecule has 2 aliphatic rings. The van der Waals surface area contributed by atoms with E-state index in [1.165, 1.54) is 16.8 Å². The first-order valence-corrected chi connectivity index (χ1v) is 16.2. The summed E-state index contributed by atoms with van der Waals surface area (Å²) >= 11 is 0. The molecule has 3 aromatic rings. The van der Waals surface area contributed by atoms with Crippen molar-refractivity contribution in [2.45, 2.75) is 89.5 Å². The number of benzene rings is 2. The zero-order valence-electron chi connectivity index (χ0n) is 27.7. The Morgan fingerprint density at radius 3 is 2.02 bits per heavy atom. The van der Waals surface area contributed by atoms with Gasteiger partial charge in [-0.2, -0.15) is 44.3 Å². The number of aromatic nitrogens is 4. The Morgan fingerprint density at radius 1 is 0.882 bits per heavy atom. The average Bonchev–Trinajstić information content (AvgIpc) is 3.47. The molecule has 1 aromatic heterocycles. The first-order chi connectivity index (χ1) is 23.8. The lowest BCUT2D eigenvalue weighted by molar-refractivity contribution is -0.145. The van der Waals surface area contributed by atoms with Gasteiger partial charge in [-0.3, -0.25) is 9.59 Å². The molecule has 0 N–H and O–H groups in total. The zero-order valence-corrected chi connectivity index (χ0v) is 27.7. The minimum Gasteiger partial charge on any atom is -0.466 e. The number of ether oxygens (including phenoxy) is 1. The maximum atomic E-state index is 14.1. The quantitative estimate of drug-likeness (QED) is 0.172. The molecule has 2 aromatic carbocycles. The second-order valence-corrected chi connectivity index (χ2v) is 12.9. The van der Waals surface area contributed by atoms with Gasteiger partial charge in [0, 0.05) is 30.6 Å². The fraction of sp³-hybridized carbons (Fsp3) is 0.545. The number of amides is 1. The molecular weight excluding hydrogens is 699 g/mol. The third kappa shape index (κ3) is 8.57. The smallest absolute Gasteiger partial charge is 0.416 e. The van der Waals surface area contributed by atoms with Crippen LogP contribution in [0.4, 0.5) is 51.1 Å². The van der Waals surface area contributed by atoms with E-state index in [9.17, 15) is 49.1 Å². The molecule has 2 heterocycles. The number of hydrogen-bond donors (Lipinski definition) is 0. The molecule has 18 heteroatoms. The number of alkyl halides is 9. The topological polar surface area (TPSA) is 93.5 Å². The molecule has 1 aliphatic carbocycles. The van der Waals surface area contributed by atoms with Crippen molar-refractivity contribution in [3.05, 3.63) is 64.2 Å². The maximum absolute atomic E-state index is 14.1. The first-order valence-electron chi connectivity index (χ1n) is 16.2. The van der Waals surface area contributed by atoms with Crippen molar-refractivity contribution < 1.29 is 53.8 Å². The van der Waals surface area contributed by atoms with Crippen molar-refractivity contribution in [2.24, 2.45) is 18.9 Å². The Balaban J connectivity index is 1.55. The second kappa shape index (κ2) is 14.3. The summed E-state index contributed by atoms with van der Waals surface area (Å²) in [5.74, 6) is -1.42. The average molecular weight is 735 g/mol. The minimum atomic E-state index is -5.14. The number of hydrogen-bond acceptors (Lipinski definition) is 7. The summed E-state index contributed by atoms with van der Waals surface area (Å²) < 4.78 is 130. The van der Waals surface area contributed by atoms with E-state index >= 15 is 0 Å². The van der Waals surface area contributed by atoms with Gasteiger partial charge in [0.05, 0.1) is 36.4 Å². The Morgan fingerprint density at radius 2 is 1.49 bits per heavy atom. The number of fused-ring (bicyclic) bond motifs is 1. The number of carbonyl (C=O) groups is 2. The van der Waals surface area contributed by atoms with Crippen LogP contribution in [-0.2, 0) is 46.4 Å². The molecule has 9 nitrogen and oxygen atoms in total. The molecule has 1 saturated carbocycles. The Bertz CT molecular complexity index is 1700. The number of anilines is 2. The highest BCUT2D eigenvalue weighted by atomic mass is 19.4. The van der Waals surface area contributed by atoms with Crippen molar-refractivity contribution in [3.63, 3.8) is 0 Å². The minimum absolute atomic E-state index is 0.0136. The molecule has 278 valence electrons. The van der Waals surface area contributed by atoms with Crippen LogP contribution in [0.1, 0.15) is 86.2 Å². The summed E-state index contributed by atoms with van der Waals surface area (Å²) in [5.41, 5.74) is -4.58. The molecule has 0 radical (unpaired) electrons. The highest BCUT2D eigenvalue weighted by Crippen LogP contribution is 2.46. The van der Waals surface area contributed by atoms with Gasteiger partial charge in [0.15, 0.2) is 0 Å². The summed E-state index contributed by atoms with van der Waals surface area (Å²) in [6, 6.07) is 2.02. The van der Waals surface area contributed by atoms with Gasteiger partial charge in [-0.05, 0) is 105 Å². The van der Waals surface area contributed by atoms with E-state index in [1.54, 1.807) is 13.8 Å². The number of carbonyl (C=O) groups excluding carboxylic acids is 2. The number of tetrazole rings is 1. The van der Waals surface area contributed by atoms with Crippen molar-refractivity contribution in [1.29, 1.82) is 0 Å². The molecule has 2 atom stereocenters. The summed E-state index contributed by atoms with van der Waals surface area (Å²) in [7, 11) is 1.36. The highest BCUT2D eigenvalue weighted by Gasteiger charge is 2.43. The largest absolute Gasteiger partial charge is 0.466 e. The van der Waals surface area contributed by atoms with Crippen LogP contribution in [0.3, 0.4) is 0 Å². The number of nitrogens with zero attached hydrogens (tertiary/aromatic N) is 6. The third-order valence-corrected chi connectivity index (χ3v) is 9.30. The summed E-state index contributed by atoms with van der Waals surface area (Å²) in [6.45, 7) is 2.93. The van der Waals surface area contributed by atoms with Crippen LogP contribution in [0.2, 0.25) is 0 Å². The SMILES string of the molecule is CCOC(=O)CC1CCC(C(=O)N2c3ccc(C(F)(F)F)cc3C(N(Cc3cc(C(F)(F)F)cc(C(F)(F)F)c3)c3nnn(C)n3)CC2C)CC1. The van der Waals surface area contributed by atoms with Gasteiger partial charge < -0.3 is 14.5 Å². The Labute approximate surface area is 286 Å². The van der Waals surface area contributed by atoms with E-state index in [2.05, 4.69) is 15.4 Å². The van der Waals surface area contributed by atoms with Gasteiger partial charge in [0.1, 0.15) is 0 Å². The normalized spacial score (nSPS) is 21.3. The van der Waals surface area contributed by atoms with Gasteiger partial charge in [-0.1, -0.05) is 5.10 Å². The van der Waals surface area contributed by atoms with E-state index in [1.807, 2.05) is 0 Å². The number of rotatable bonds is 8. The fourth-order valence-electron chi connectivity index (χ4n) is 6.92.